The van der Waals surface area contributed by atoms with Gasteiger partial charge in [-0.3, -0.25) is 4.90 Å². The fourth-order valence-electron chi connectivity index (χ4n) is 4.26. The molecule has 4 nitrogen and oxygen atoms in total. The lowest BCUT2D eigenvalue weighted by molar-refractivity contribution is 0.183. The topological polar surface area (TPSA) is 41.9 Å². The summed E-state index contributed by atoms with van der Waals surface area (Å²) in [4.78, 5) is 2.50. The van der Waals surface area contributed by atoms with Crippen molar-refractivity contribution in [2.24, 2.45) is 0 Å². The highest BCUT2D eigenvalue weighted by atomic mass is 16.5. The lowest BCUT2D eigenvalue weighted by Gasteiger charge is -2.26. The first-order valence-electron chi connectivity index (χ1n) is 11.5. The van der Waals surface area contributed by atoms with Crippen LogP contribution in [0.2, 0.25) is 0 Å². The molecule has 0 amide bonds. The van der Waals surface area contributed by atoms with Crippen LogP contribution >= 0.6 is 0 Å². The summed E-state index contributed by atoms with van der Waals surface area (Å²) < 4.78 is 12.0. The standard InChI is InChI=1S/C27H33NO3/c29-18-6-19-31-27-14-11-23-7-2-3-8-25(23)26(27)21-22-9-12-24(13-10-22)30-20-17-28-15-4-1-5-16-28/h2-3,7-14,29H,1,4-6,15-21H2. The predicted octanol–water partition coefficient (Wildman–Crippen LogP) is 5.06. The molecule has 0 saturated carbocycles. The number of ether oxygens (including phenoxy) is 2. The van der Waals surface area contributed by atoms with Crippen molar-refractivity contribution in [1.82, 2.24) is 4.90 Å². The first kappa shape index (κ1) is 21.7. The molecule has 4 rings (SSSR count). The summed E-state index contributed by atoms with van der Waals surface area (Å²) in [5.74, 6) is 1.83. The number of nitrogens with zero attached hydrogens (tertiary/aromatic N) is 1. The van der Waals surface area contributed by atoms with Crippen molar-refractivity contribution in [2.45, 2.75) is 32.1 Å². The molecule has 0 bridgehead atoms. The highest BCUT2D eigenvalue weighted by Gasteiger charge is 2.11. The van der Waals surface area contributed by atoms with E-state index in [1.54, 1.807) is 0 Å². The molecule has 0 aromatic heterocycles. The second-order valence-corrected chi connectivity index (χ2v) is 8.26. The number of aliphatic hydroxyl groups excluding tert-OH is 1. The highest BCUT2D eigenvalue weighted by molar-refractivity contribution is 5.88. The third-order valence-electron chi connectivity index (χ3n) is 5.99. The van der Waals surface area contributed by atoms with Crippen molar-refractivity contribution in [3.63, 3.8) is 0 Å². The molecule has 0 radical (unpaired) electrons. The van der Waals surface area contributed by atoms with Gasteiger partial charge in [0, 0.05) is 31.6 Å². The van der Waals surface area contributed by atoms with Gasteiger partial charge in [-0.25, -0.2) is 0 Å². The van der Waals surface area contributed by atoms with E-state index in [9.17, 15) is 0 Å². The van der Waals surface area contributed by atoms with Gasteiger partial charge in [0.1, 0.15) is 18.1 Å². The first-order valence-corrected chi connectivity index (χ1v) is 11.5. The molecule has 0 spiro atoms. The van der Waals surface area contributed by atoms with Gasteiger partial charge in [0.2, 0.25) is 0 Å². The quantitative estimate of drug-likeness (QED) is 0.467. The number of likely N-dealkylation sites (tertiary alicyclic amines) is 1. The zero-order valence-electron chi connectivity index (χ0n) is 18.3. The van der Waals surface area contributed by atoms with Gasteiger partial charge in [0.25, 0.3) is 0 Å². The maximum absolute atomic E-state index is 9.09. The van der Waals surface area contributed by atoms with Gasteiger partial charge in [-0.15, -0.1) is 0 Å². The highest BCUT2D eigenvalue weighted by Crippen LogP contribution is 2.31. The van der Waals surface area contributed by atoms with Crippen molar-refractivity contribution in [1.29, 1.82) is 0 Å². The molecule has 164 valence electrons. The Morgan fingerprint density at radius 2 is 1.61 bits per heavy atom. The van der Waals surface area contributed by atoms with Crippen LogP contribution in [0.1, 0.15) is 36.8 Å². The molecule has 1 aliphatic heterocycles. The lowest BCUT2D eigenvalue weighted by atomic mass is 9.97. The van der Waals surface area contributed by atoms with Gasteiger partial charge in [-0.1, -0.05) is 48.9 Å². The largest absolute Gasteiger partial charge is 0.493 e. The molecule has 3 aromatic rings. The van der Waals surface area contributed by atoms with Gasteiger partial charge in [-0.2, -0.15) is 0 Å². The molecule has 0 aliphatic carbocycles. The molecule has 1 saturated heterocycles. The predicted molar refractivity (Wildman–Crippen MR) is 126 cm³/mol. The molecular formula is C27H33NO3. The maximum Gasteiger partial charge on any atom is 0.123 e. The summed E-state index contributed by atoms with van der Waals surface area (Å²) in [7, 11) is 0. The molecule has 1 heterocycles. The number of hydrogen-bond donors (Lipinski definition) is 1. The summed E-state index contributed by atoms with van der Waals surface area (Å²) in [5, 5.41) is 11.5. The van der Waals surface area contributed by atoms with Crippen molar-refractivity contribution >= 4 is 10.8 Å². The minimum absolute atomic E-state index is 0.141. The van der Waals surface area contributed by atoms with Crippen LogP contribution in [0.4, 0.5) is 0 Å². The molecule has 31 heavy (non-hydrogen) atoms. The Balaban J connectivity index is 1.42. The van der Waals surface area contributed by atoms with Gasteiger partial charge in [0.05, 0.1) is 6.61 Å². The van der Waals surface area contributed by atoms with Crippen LogP contribution in [-0.4, -0.2) is 49.5 Å². The van der Waals surface area contributed by atoms with Crippen LogP contribution in [0.5, 0.6) is 11.5 Å². The van der Waals surface area contributed by atoms with Crippen LogP contribution in [0.25, 0.3) is 10.8 Å². The van der Waals surface area contributed by atoms with E-state index in [0.717, 1.165) is 31.1 Å². The fraction of sp³-hybridized carbons (Fsp3) is 0.407. The van der Waals surface area contributed by atoms with Crippen LogP contribution in [0.3, 0.4) is 0 Å². The second kappa shape index (κ2) is 11.2. The zero-order valence-corrected chi connectivity index (χ0v) is 18.3. The van der Waals surface area contributed by atoms with E-state index in [4.69, 9.17) is 14.6 Å². The Bertz CT molecular complexity index is 948. The van der Waals surface area contributed by atoms with Crippen LogP contribution in [0, 0.1) is 0 Å². The maximum atomic E-state index is 9.09. The summed E-state index contributed by atoms with van der Waals surface area (Å²) in [6, 6.07) is 21.0. The Morgan fingerprint density at radius 1 is 0.806 bits per heavy atom. The Labute approximate surface area is 185 Å². The smallest absolute Gasteiger partial charge is 0.123 e. The third kappa shape index (κ3) is 5.99. The van der Waals surface area contributed by atoms with E-state index in [2.05, 4.69) is 59.5 Å². The van der Waals surface area contributed by atoms with E-state index >= 15 is 0 Å². The van der Waals surface area contributed by atoms with Crippen molar-refractivity contribution in [3.05, 3.63) is 71.8 Å². The Morgan fingerprint density at radius 3 is 2.42 bits per heavy atom. The average molecular weight is 420 g/mol. The molecule has 4 heteroatoms. The van der Waals surface area contributed by atoms with Crippen LogP contribution in [-0.2, 0) is 6.42 Å². The summed E-state index contributed by atoms with van der Waals surface area (Å²) in [5.41, 5.74) is 2.42. The molecule has 1 aliphatic rings. The monoisotopic (exact) mass is 419 g/mol. The SMILES string of the molecule is OCCCOc1ccc2ccccc2c1Cc1ccc(OCCN2CCCCC2)cc1. The molecular weight excluding hydrogens is 386 g/mol. The first-order chi connectivity index (χ1) is 15.3. The number of benzene rings is 3. The minimum atomic E-state index is 0.141. The van der Waals surface area contributed by atoms with E-state index < -0.39 is 0 Å². The summed E-state index contributed by atoms with van der Waals surface area (Å²) >= 11 is 0. The number of aliphatic hydroxyl groups is 1. The van der Waals surface area contributed by atoms with Gasteiger partial charge in [0.15, 0.2) is 0 Å². The van der Waals surface area contributed by atoms with Crippen LogP contribution in [0.15, 0.2) is 60.7 Å². The van der Waals surface area contributed by atoms with Crippen molar-refractivity contribution in [2.75, 3.05) is 39.5 Å². The summed E-state index contributed by atoms with van der Waals surface area (Å²) in [6.45, 7) is 4.82. The molecule has 1 fully saturated rings. The number of rotatable bonds is 10. The van der Waals surface area contributed by atoms with Crippen molar-refractivity contribution in [3.8, 4) is 11.5 Å². The average Bonchev–Trinajstić information content (AvgIpc) is 2.82. The van der Waals surface area contributed by atoms with E-state index in [-0.39, 0.29) is 6.61 Å². The van der Waals surface area contributed by atoms with Crippen molar-refractivity contribution < 1.29 is 14.6 Å². The molecule has 0 unspecified atom stereocenters. The fourth-order valence-corrected chi connectivity index (χ4v) is 4.26. The third-order valence-corrected chi connectivity index (χ3v) is 5.99. The summed E-state index contributed by atoms with van der Waals surface area (Å²) in [6.07, 6.45) is 5.42. The molecule has 1 N–H and O–H groups in total. The minimum Gasteiger partial charge on any atom is -0.493 e. The van der Waals surface area contributed by atoms with E-state index in [0.29, 0.717) is 13.0 Å². The van der Waals surface area contributed by atoms with Gasteiger partial charge in [-0.05, 0) is 60.5 Å². The van der Waals surface area contributed by atoms with E-state index in [1.807, 2.05) is 6.07 Å². The van der Waals surface area contributed by atoms with Gasteiger partial charge < -0.3 is 14.6 Å². The van der Waals surface area contributed by atoms with Gasteiger partial charge >= 0.3 is 0 Å². The Hall–Kier alpha value is -2.56. The normalized spacial score (nSPS) is 14.6. The lowest BCUT2D eigenvalue weighted by Crippen LogP contribution is -2.33. The van der Waals surface area contributed by atoms with Crippen LogP contribution < -0.4 is 9.47 Å². The molecule has 3 aromatic carbocycles. The number of hydrogen-bond acceptors (Lipinski definition) is 4. The zero-order chi connectivity index (χ0) is 21.3. The number of piperidine rings is 1. The Kier molecular flexibility index (Phi) is 7.81. The second-order valence-electron chi connectivity index (χ2n) is 8.26. The number of fused-ring (bicyclic) bond motifs is 1. The van der Waals surface area contributed by atoms with E-state index in [1.165, 1.54) is 54.3 Å². The molecule has 0 atom stereocenters.